The van der Waals surface area contributed by atoms with Crippen LogP contribution in [0.25, 0.3) is 0 Å². The summed E-state index contributed by atoms with van der Waals surface area (Å²) in [5.41, 5.74) is 1.98. The van der Waals surface area contributed by atoms with Crippen LogP contribution in [0.2, 0.25) is 0 Å². The maximum atomic E-state index is 9.20. The maximum absolute atomic E-state index is 9.20. The molecule has 0 spiro atoms. The molecule has 1 saturated heterocycles. The monoisotopic (exact) mass is 205 g/mol. The summed E-state index contributed by atoms with van der Waals surface area (Å²) in [6.45, 7) is 2.21. The molecule has 0 bridgehead atoms. The van der Waals surface area contributed by atoms with Gasteiger partial charge in [0.05, 0.1) is 12.3 Å². The van der Waals surface area contributed by atoms with E-state index < -0.39 is 0 Å². The zero-order valence-corrected chi connectivity index (χ0v) is 8.69. The van der Waals surface area contributed by atoms with Crippen molar-refractivity contribution in [2.75, 3.05) is 18.0 Å². The molecule has 4 heteroatoms. The Bertz CT molecular complexity index is 372. The molecule has 0 amide bonds. The van der Waals surface area contributed by atoms with Gasteiger partial charge < -0.3 is 10.0 Å². The van der Waals surface area contributed by atoms with Crippen molar-refractivity contribution in [2.45, 2.75) is 31.8 Å². The lowest BCUT2D eigenvalue weighted by atomic mass is 10.1. The largest absolute Gasteiger partial charge is 0.392 e. The van der Waals surface area contributed by atoms with Crippen LogP contribution in [0.4, 0.5) is 5.95 Å². The Balaban J connectivity index is 1.93. The second-order valence-corrected chi connectivity index (χ2v) is 4.35. The van der Waals surface area contributed by atoms with Crippen molar-refractivity contribution in [3.63, 3.8) is 0 Å². The molecule has 15 heavy (non-hydrogen) atoms. The van der Waals surface area contributed by atoms with Gasteiger partial charge in [-0.1, -0.05) is 0 Å². The number of aromatic nitrogens is 2. The highest BCUT2D eigenvalue weighted by atomic mass is 16.3. The third kappa shape index (κ3) is 1.59. The van der Waals surface area contributed by atoms with Crippen LogP contribution in [0.5, 0.6) is 0 Å². The first-order chi connectivity index (χ1) is 7.38. The molecule has 1 aromatic heterocycles. The average Bonchev–Trinajstić information content (AvgIpc) is 2.98. The van der Waals surface area contributed by atoms with Gasteiger partial charge in [-0.3, -0.25) is 0 Å². The molecule has 4 nitrogen and oxygen atoms in total. The van der Waals surface area contributed by atoms with Crippen molar-refractivity contribution in [1.82, 2.24) is 9.97 Å². The summed E-state index contributed by atoms with van der Waals surface area (Å²) in [6, 6.07) is 0. The Morgan fingerprint density at radius 2 is 2.20 bits per heavy atom. The van der Waals surface area contributed by atoms with E-state index >= 15 is 0 Å². The summed E-state index contributed by atoms with van der Waals surface area (Å²) in [4.78, 5) is 11.1. The van der Waals surface area contributed by atoms with E-state index in [0.717, 1.165) is 30.3 Å². The summed E-state index contributed by atoms with van der Waals surface area (Å²) >= 11 is 0. The van der Waals surface area contributed by atoms with Gasteiger partial charge in [-0.25, -0.2) is 9.97 Å². The van der Waals surface area contributed by atoms with E-state index in [4.69, 9.17) is 0 Å². The number of anilines is 1. The Morgan fingerprint density at radius 3 is 2.73 bits per heavy atom. The van der Waals surface area contributed by atoms with Crippen LogP contribution < -0.4 is 4.90 Å². The fourth-order valence-corrected chi connectivity index (χ4v) is 1.91. The lowest BCUT2D eigenvalue weighted by molar-refractivity contribution is 0.279. The fraction of sp³-hybridized carbons (Fsp3) is 0.636. The van der Waals surface area contributed by atoms with Crippen molar-refractivity contribution in [2.24, 2.45) is 0 Å². The van der Waals surface area contributed by atoms with Crippen LogP contribution in [0, 0.1) is 0 Å². The van der Waals surface area contributed by atoms with Crippen LogP contribution in [0.3, 0.4) is 0 Å². The number of rotatable bonds is 3. The molecule has 0 radical (unpaired) electrons. The number of aliphatic hydroxyl groups excluding tert-OH is 1. The minimum atomic E-state index is 0.0616. The van der Waals surface area contributed by atoms with Gasteiger partial charge in [0.2, 0.25) is 5.95 Å². The molecular weight excluding hydrogens is 190 g/mol. The first kappa shape index (κ1) is 9.09. The van der Waals surface area contributed by atoms with Gasteiger partial charge in [-0.05, 0) is 19.3 Å². The van der Waals surface area contributed by atoms with E-state index in [1.807, 2.05) is 0 Å². The molecule has 0 unspecified atom stereocenters. The highest BCUT2D eigenvalue weighted by Gasteiger charge is 2.29. The molecule has 1 aliphatic heterocycles. The van der Waals surface area contributed by atoms with Gasteiger partial charge in [0, 0.05) is 30.8 Å². The smallest absolute Gasteiger partial charge is 0.225 e. The van der Waals surface area contributed by atoms with Gasteiger partial charge in [-0.2, -0.15) is 0 Å². The third-order valence-electron chi connectivity index (χ3n) is 3.16. The fourth-order valence-electron chi connectivity index (χ4n) is 1.91. The lowest BCUT2D eigenvalue weighted by Gasteiger charge is -2.31. The molecule has 3 rings (SSSR count). The van der Waals surface area contributed by atoms with E-state index in [0.29, 0.717) is 5.92 Å². The van der Waals surface area contributed by atoms with E-state index in [1.165, 1.54) is 19.3 Å². The summed E-state index contributed by atoms with van der Waals surface area (Å²) in [5, 5.41) is 9.20. The molecule has 1 aliphatic carbocycles. The summed E-state index contributed by atoms with van der Waals surface area (Å²) in [6.07, 6.45) is 5.45. The van der Waals surface area contributed by atoms with Crippen molar-refractivity contribution >= 4 is 5.95 Å². The number of hydrogen-bond acceptors (Lipinski definition) is 4. The van der Waals surface area contributed by atoms with Gasteiger partial charge in [0.25, 0.3) is 0 Å². The zero-order chi connectivity index (χ0) is 10.3. The Hall–Kier alpha value is -1.16. The van der Waals surface area contributed by atoms with Crippen LogP contribution in [-0.4, -0.2) is 28.2 Å². The zero-order valence-electron chi connectivity index (χ0n) is 8.69. The van der Waals surface area contributed by atoms with E-state index in [9.17, 15) is 5.11 Å². The minimum Gasteiger partial charge on any atom is -0.392 e. The van der Waals surface area contributed by atoms with Crippen molar-refractivity contribution in [1.29, 1.82) is 0 Å². The highest BCUT2D eigenvalue weighted by Crippen LogP contribution is 2.41. The van der Waals surface area contributed by atoms with Crippen LogP contribution in [0.15, 0.2) is 6.20 Å². The summed E-state index contributed by atoms with van der Waals surface area (Å²) in [5.74, 6) is 1.43. The predicted octanol–water partition coefficient (Wildman–Crippen LogP) is 1.06. The Labute approximate surface area is 89.0 Å². The molecule has 1 aromatic rings. The van der Waals surface area contributed by atoms with Crippen molar-refractivity contribution in [3.8, 4) is 0 Å². The standard InChI is InChI=1S/C11H15N3O/c15-7-9-6-12-11(14-4-1-5-14)13-10(9)8-2-3-8/h6,8,15H,1-5,7H2. The van der Waals surface area contributed by atoms with Crippen LogP contribution >= 0.6 is 0 Å². The van der Waals surface area contributed by atoms with Gasteiger partial charge in [0.1, 0.15) is 0 Å². The minimum absolute atomic E-state index is 0.0616. The van der Waals surface area contributed by atoms with Crippen LogP contribution in [0.1, 0.15) is 36.4 Å². The maximum Gasteiger partial charge on any atom is 0.225 e. The molecule has 1 N–H and O–H groups in total. The normalized spacial score (nSPS) is 20.2. The summed E-state index contributed by atoms with van der Waals surface area (Å²) in [7, 11) is 0. The van der Waals surface area contributed by atoms with Gasteiger partial charge in [0.15, 0.2) is 0 Å². The Kier molecular flexibility index (Phi) is 2.09. The van der Waals surface area contributed by atoms with Crippen LogP contribution in [-0.2, 0) is 6.61 Å². The first-order valence-corrected chi connectivity index (χ1v) is 5.60. The molecule has 80 valence electrons. The topological polar surface area (TPSA) is 49.3 Å². The highest BCUT2D eigenvalue weighted by molar-refractivity contribution is 5.37. The number of aliphatic hydroxyl groups is 1. The SMILES string of the molecule is OCc1cnc(N2CCC2)nc1C1CC1. The number of nitrogens with zero attached hydrogens (tertiary/aromatic N) is 3. The quantitative estimate of drug-likeness (QED) is 0.801. The lowest BCUT2D eigenvalue weighted by Crippen LogP contribution is -2.38. The molecular formula is C11H15N3O. The average molecular weight is 205 g/mol. The van der Waals surface area contributed by atoms with Crippen molar-refractivity contribution < 1.29 is 5.11 Å². The first-order valence-electron chi connectivity index (χ1n) is 5.60. The second-order valence-electron chi connectivity index (χ2n) is 4.35. The van der Waals surface area contributed by atoms with E-state index in [2.05, 4.69) is 14.9 Å². The molecule has 2 aliphatic rings. The molecule has 2 fully saturated rings. The number of hydrogen-bond donors (Lipinski definition) is 1. The molecule has 0 atom stereocenters. The van der Waals surface area contributed by atoms with Crippen molar-refractivity contribution in [3.05, 3.63) is 17.5 Å². The Morgan fingerprint density at radius 1 is 1.40 bits per heavy atom. The van der Waals surface area contributed by atoms with Gasteiger partial charge >= 0.3 is 0 Å². The van der Waals surface area contributed by atoms with E-state index in [-0.39, 0.29) is 6.61 Å². The van der Waals surface area contributed by atoms with Gasteiger partial charge in [-0.15, -0.1) is 0 Å². The van der Waals surface area contributed by atoms with E-state index in [1.54, 1.807) is 6.20 Å². The summed E-state index contributed by atoms with van der Waals surface area (Å²) < 4.78 is 0. The molecule has 0 aromatic carbocycles. The second kappa shape index (κ2) is 3.45. The predicted molar refractivity (Wildman–Crippen MR) is 56.8 cm³/mol. The molecule has 1 saturated carbocycles. The molecule has 2 heterocycles. The third-order valence-corrected chi connectivity index (χ3v) is 3.16.